The molecule has 0 bridgehead atoms. The maximum Gasteiger partial charge on any atom is 0.319 e. The number of urea groups is 1. The molecule has 0 aliphatic carbocycles. The number of hydrogen-bond donors (Lipinski definition) is 2. The molecule has 11 heteroatoms. The fourth-order valence-electron chi connectivity index (χ4n) is 3.14. The van der Waals surface area contributed by atoms with Gasteiger partial charge in [0, 0.05) is 43.7 Å². The molecule has 0 atom stereocenters. The van der Waals surface area contributed by atoms with Gasteiger partial charge in [-0.05, 0) is 25.0 Å². The molecule has 158 valence electrons. The standard InChI is InChI=1S/C18H25N5O5S/c1-27-15-5-3-4-14(12-15)20-18(24)19-9-6-16-21-17(22-28-16)13-7-10-23(11-8-13)29(2,25)26/h3-5,12-13H,6-11H2,1-2H3,(H2,19,20,24). The summed E-state index contributed by atoms with van der Waals surface area (Å²) in [5.41, 5.74) is 0.627. The van der Waals surface area contributed by atoms with Crippen LogP contribution in [0.25, 0.3) is 0 Å². The first-order valence-corrected chi connectivity index (χ1v) is 11.2. The number of sulfonamides is 1. The summed E-state index contributed by atoms with van der Waals surface area (Å²) >= 11 is 0. The number of anilines is 1. The van der Waals surface area contributed by atoms with Crippen LogP contribution >= 0.6 is 0 Å². The molecule has 0 spiro atoms. The third-order valence-electron chi connectivity index (χ3n) is 4.72. The minimum atomic E-state index is -3.16. The van der Waals surface area contributed by atoms with Crippen LogP contribution in [0.2, 0.25) is 0 Å². The van der Waals surface area contributed by atoms with E-state index in [1.807, 2.05) is 0 Å². The predicted molar refractivity (Wildman–Crippen MR) is 106 cm³/mol. The predicted octanol–water partition coefficient (Wildman–Crippen LogP) is 1.58. The van der Waals surface area contributed by atoms with E-state index in [1.54, 1.807) is 31.4 Å². The van der Waals surface area contributed by atoms with Crippen LogP contribution in [0, 0.1) is 0 Å². The number of ether oxygens (including phenoxy) is 1. The zero-order chi connectivity index (χ0) is 20.9. The van der Waals surface area contributed by atoms with Crippen molar-refractivity contribution in [3.63, 3.8) is 0 Å². The first-order chi connectivity index (χ1) is 13.8. The lowest BCUT2D eigenvalue weighted by atomic mass is 9.97. The first-order valence-electron chi connectivity index (χ1n) is 9.31. The van der Waals surface area contributed by atoms with Gasteiger partial charge in [-0.2, -0.15) is 4.98 Å². The normalized spacial score (nSPS) is 15.8. The summed E-state index contributed by atoms with van der Waals surface area (Å²) in [4.78, 5) is 16.4. The molecule has 1 aliphatic heterocycles. The number of nitrogens with one attached hydrogen (secondary N) is 2. The lowest BCUT2D eigenvalue weighted by Crippen LogP contribution is -2.37. The third kappa shape index (κ3) is 5.91. The van der Waals surface area contributed by atoms with Crippen molar-refractivity contribution in [3.05, 3.63) is 36.0 Å². The van der Waals surface area contributed by atoms with Crippen molar-refractivity contribution in [1.29, 1.82) is 0 Å². The number of benzene rings is 1. The Bertz CT molecular complexity index is 938. The topological polar surface area (TPSA) is 127 Å². The Balaban J connectivity index is 1.43. The van der Waals surface area contributed by atoms with Gasteiger partial charge in [0.05, 0.1) is 13.4 Å². The van der Waals surface area contributed by atoms with E-state index in [9.17, 15) is 13.2 Å². The van der Waals surface area contributed by atoms with Crippen LogP contribution in [-0.4, -0.2) is 61.9 Å². The highest BCUT2D eigenvalue weighted by molar-refractivity contribution is 7.88. The number of carbonyl (C=O) groups is 1. The Labute approximate surface area is 169 Å². The van der Waals surface area contributed by atoms with E-state index in [0.717, 1.165) is 0 Å². The van der Waals surface area contributed by atoms with E-state index >= 15 is 0 Å². The Morgan fingerprint density at radius 2 is 2.10 bits per heavy atom. The van der Waals surface area contributed by atoms with Crippen LogP contribution in [0.5, 0.6) is 5.75 Å². The Hall–Kier alpha value is -2.66. The summed E-state index contributed by atoms with van der Waals surface area (Å²) in [6.07, 6.45) is 2.94. The average molecular weight is 423 g/mol. The summed E-state index contributed by atoms with van der Waals surface area (Å²) in [7, 11) is -1.59. The van der Waals surface area contributed by atoms with Gasteiger partial charge in [0.15, 0.2) is 5.82 Å². The molecule has 2 heterocycles. The van der Waals surface area contributed by atoms with Gasteiger partial charge in [-0.15, -0.1) is 0 Å². The van der Waals surface area contributed by atoms with Crippen LogP contribution in [0.1, 0.15) is 30.5 Å². The average Bonchev–Trinajstić information content (AvgIpc) is 3.16. The van der Waals surface area contributed by atoms with E-state index < -0.39 is 10.0 Å². The van der Waals surface area contributed by atoms with Crippen LogP contribution in [0.4, 0.5) is 10.5 Å². The van der Waals surface area contributed by atoms with Crippen molar-refractivity contribution in [2.24, 2.45) is 0 Å². The van der Waals surface area contributed by atoms with E-state index in [2.05, 4.69) is 20.8 Å². The zero-order valence-electron chi connectivity index (χ0n) is 16.4. The van der Waals surface area contributed by atoms with Crippen LogP contribution < -0.4 is 15.4 Å². The quantitative estimate of drug-likeness (QED) is 0.692. The van der Waals surface area contributed by atoms with Crippen LogP contribution in [-0.2, 0) is 16.4 Å². The summed E-state index contributed by atoms with van der Waals surface area (Å²) < 4.78 is 35.0. The molecule has 0 saturated carbocycles. The number of carbonyl (C=O) groups excluding carboxylic acids is 1. The minimum absolute atomic E-state index is 0.0785. The zero-order valence-corrected chi connectivity index (χ0v) is 17.2. The van der Waals surface area contributed by atoms with Gasteiger partial charge in [-0.25, -0.2) is 17.5 Å². The van der Waals surface area contributed by atoms with Crippen molar-refractivity contribution < 1.29 is 22.5 Å². The van der Waals surface area contributed by atoms with Crippen molar-refractivity contribution in [2.75, 3.05) is 38.3 Å². The SMILES string of the molecule is COc1cccc(NC(=O)NCCc2nc(C3CCN(S(C)(=O)=O)CC3)no2)c1. The van der Waals surface area contributed by atoms with Crippen molar-refractivity contribution in [3.8, 4) is 5.75 Å². The van der Waals surface area contributed by atoms with Gasteiger partial charge in [0.25, 0.3) is 0 Å². The highest BCUT2D eigenvalue weighted by Gasteiger charge is 2.28. The molecule has 1 saturated heterocycles. The molecule has 0 radical (unpaired) electrons. The van der Waals surface area contributed by atoms with E-state index in [1.165, 1.54) is 10.6 Å². The largest absolute Gasteiger partial charge is 0.497 e. The maximum atomic E-state index is 12.0. The number of amides is 2. The molecule has 1 fully saturated rings. The molecule has 29 heavy (non-hydrogen) atoms. The second-order valence-corrected chi connectivity index (χ2v) is 8.83. The van der Waals surface area contributed by atoms with Gasteiger partial charge in [-0.3, -0.25) is 0 Å². The fraction of sp³-hybridized carbons (Fsp3) is 0.500. The summed E-state index contributed by atoms with van der Waals surface area (Å²) in [6, 6.07) is 6.72. The number of hydrogen-bond acceptors (Lipinski definition) is 7. The van der Waals surface area contributed by atoms with Crippen molar-refractivity contribution >= 4 is 21.7 Å². The molecule has 2 amide bonds. The number of piperidine rings is 1. The van der Waals surface area contributed by atoms with Crippen molar-refractivity contribution in [2.45, 2.75) is 25.2 Å². The van der Waals surface area contributed by atoms with Gasteiger partial charge < -0.3 is 19.9 Å². The van der Waals surface area contributed by atoms with Gasteiger partial charge in [-0.1, -0.05) is 11.2 Å². The lowest BCUT2D eigenvalue weighted by molar-refractivity contribution is 0.252. The third-order valence-corrected chi connectivity index (χ3v) is 6.03. The summed E-state index contributed by atoms with van der Waals surface area (Å²) in [6.45, 7) is 1.25. The van der Waals surface area contributed by atoms with E-state index in [4.69, 9.17) is 9.26 Å². The Morgan fingerprint density at radius 3 is 2.79 bits per heavy atom. The first kappa shape index (κ1) is 21.1. The number of nitrogens with zero attached hydrogens (tertiary/aromatic N) is 3. The molecule has 1 aromatic heterocycles. The monoisotopic (exact) mass is 423 g/mol. The van der Waals surface area contributed by atoms with Crippen LogP contribution in [0.3, 0.4) is 0 Å². The molecule has 3 rings (SSSR count). The molecule has 2 N–H and O–H groups in total. The lowest BCUT2D eigenvalue weighted by Gasteiger charge is -2.28. The van der Waals surface area contributed by atoms with E-state index in [-0.39, 0.29) is 11.9 Å². The van der Waals surface area contributed by atoms with Gasteiger partial charge in [0.1, 0.15) is 5.75 Å². The summed E-state index contributed by atoms with van der Waals surface area (Å²) in [5.74, 6) is 1.76. The van der Waals surface area contributed by atoms with E-state index in [0.29, 0.717) is 62.0 Å². The summed E-state index contributed by atoms with van der Waals surface area (Å²) in [5, 5.41) is 9.48. The second-order valence-electron chi connectivity index (χ2n) is 6.85. The number of rotatable bonds is 7. The molecule has 1 aromatic carbocycles. The molecule has 1 aliphatic rings. The van der Waals surface area contributed by atoms with Gasteiger partial charge >= 0.3 is 6.03 Å². The number of methoxy groups -OCH3 is 1. The highest BCUT2D eigenvalue weighted by Crippen LogP contribution is 2.27. The Morgan fingerprint density at radius 1 is 1.34 bits per heavy atom. The smallest absolute Gasteiger partial charge is 0.319 e. The molecular weight excluding hydrogens is 398 g/mol. The Kier molecular flexibility index (Phi) is 6.70. The maximum absolute atomic E-state index is 12.0. The molecule has 2 aromatic rings. The number of aromatic nitrogens is 2. The molecular formula is C18H25N5O5S. The van der Waals surface area contributed by atoms with Gasteiger partial charge in [0.2, 0.25) is 15.9 Å². The van der Waals surface area contributed by atoms with Crippen molar-refractivity contribution in [1.82, 2.24) is 19.8 Å². The fourth-order valence-corrected chi connectivity index (χ4v) is 4.01. The second kappa shape index (κ2) is 9.23. The van der Waals surface area contributed by atoms with Crippen LogP contribution in [0.15, 0.2) is 28.8 Å². The molecule has 0 unspecified atom stereocenters. The highest BCUT2D eigenvalue weighted by atomic mass is 32.2. The molecule has 10 nitrogen and oxygen atoms in total. The minimum Gasteiger partial charge on any atom is -0.497 e.